The Labute approximate surface area is 187 Å². The maximum atomic E-state index is 12.9. The smallest absolute Gasteiger partial charge is 0.329 e. The van der Waals surface area contributed by atoms with E-state index in [2.05, 4.69) is 21.2 Å². The van der Waals surface area contributed by atoms with Crippen molar-refractivity contribution in [3.63, 3.8) is 0 Å². The first kappa shape index (κ1) is 20.9. The maximum Gasteiger partial charge on any atom is 0.329 e. The molecule has 8 heteroatoms. The molecule has 4 rings (SSSR count). The van der Waals surface area contributed by atoms with Crippen molar-refractivity contribution in [3.05, 3.63) is 76.0 Å². The highest BCUT2D eigenvalue weighted by Gasteiger charge is 2.33. The summed E-state index contributed by atoms with van der Waals surface area (Å²) in [5.41, 5.74) is 2.61. The van der Waals surface area contributed by atoms with Crippen LogP contribution in [0.25, 0.3) is 17.0 Å². The number of urea groups is 1. The van der Waals surface area contributed by atoms with E-state index in [-0.39, 0.29) is 24.8 Å². The molecule has 0 saturated carbocycles. The van der Waals surface area contributed by atoms with Crippen LogP contribution in [0.4, 0.5) is 4.79 Å². The highest BCUT2D eigenvalue weighted by molar-refractivity contribution is 9.10. The molecule has 0 bridgehead atoms. The van der Waals surface area contributed by atoms with Gasteiger partial charge in [-0.15, -0.1) is 0 Å². The molecule has 1 aromatic heterocycles. The van der Waals surface area contributed by atoms with Crippen LogP contribution >= 0.6 is 15.9 Å². The van der Waals surface area contributed by atoms with Crippen molar-refractivity contribution in [3.8, 4) is 0 Å². The van der Waals surface area contributed by atoms with Crippen molar-refractivity contribution in [1.29, 1.82) is 0 Å². The lowest BCUT2D eigenvalue weighted by Crippen LogP contribution is -2.30. The number of carbonyl (C=O) groups excluding carboxylic acids is 3. The van der Waals surface area contributed by atoms with Crippen LogP contribution < -0.4 is 5.32 Å². The third kappa shape index (κ3) is 4.39. The Morgan fingerprint density at radius 1 is 1.13 bits per heavy atom. The number of rotatable bonds is 6. The van der Waals surface area contributed by atoms with E-state index in [4.69, 9.17) is 4.74 Å². The Hall–Kier alpha value is -3.39. The second-order valence-electron chi connectivity index (χ2n) is 7.04. The molecule has 0 aliphatic carbocycles. The van der Waals surface area contributed by atoms with E-state index >= 15 is 0 Å². The molecule has 2 aromatic carbocycles. The predicted molar refractivity (Wildman–Crippen MR) is 120 cm³/mol. The fourth-order valence-electron chi connectivity index (χ4n) is 3.51. The zero-order valence-corrected chi connectivity index (χ0v) is 18.4. The Bertz CT molecular complexity index is 1200. The number of ether oxygens (including phenoxy) is 1. The maximum absolute atomic E-state index is 12.9. The Balaban J connectivity index is 1.62. The number of nitrogens with one attached hydrogen (secondary N) is 1. The van der Waals surface area contributed by atoms with Crippen LogP contribution in [0.3, 0.4) is 0 Å². The summed E-state index contributed by atoms with van der Waals surface area (Å²) < 4.78 is 7.75. The summed E-state index contributed by atoms with van der Waals surface area (Å²) >= 11 is 3.37. The molecular weight excluding hydrogens is 462 g/mol. The summed E-state index contributed by atoms with van der Waals surface area (Å²) in [6, 6.07) is 14.5. The van der Waals surface area contributed by atoms with Crippen LogP contribution in [0.5, 0.6) is 0 Å². The van der Waals surface area contributed by atoms with Crippen LogP contribution in [0, 0.1) is 0 Å². The highest BCUT2D eigenvalue weighted by atomic mass is 79.9. The minimum Gasteiger partial charge on any atom is -0.465 e. The third-order valence-corrected chi connectivity index (χ3v) is 5.47. The highest BCUT2D eigenvalue weighted by Crippen LogP contribution is 2.25. The summed E-state index contributed by atoms with van der Waals surface area (Å²) in [4.78, 5) is 38.4. The molecule has 1 saturated heterocycles. The number of aromatic nitrogens is 1. The van der Waals surface area contributed by atoms with Crippen molar-refractivity contribution in [1.82, 2.24) is 14.8 Å². The number of nitrogens with zero attached hydrogens (tertiary/aromatic N) is 2. The van der Waals surface area contributed by atoms with Crippen molar-refractivity contribution < 1.29 is 19.1 Å². The molecular formula is C23H20BrN3O4. The molecule has 3 amide bonds. The number of halogens is 1. The SMILES string of the molecule is CCOC(=O)Cn1cc(/C=C2\NC(=O)N(Cc3ccc(Br)cc3)C2=O)c2ccccc21. The second kappa shape index (κ2) is 8.77. The van der Waals surface area contributed by atoms with Gasteiger partial charge in [-0.05, 0) is 36.8 Å². The molecule has 7 nitrogen and oxygen atoms in total. The zero-order chi connectivity index (χ0) is 22.0. The topological polar surface area (TPSA) is 80.6 Å². The lowest BCUT2D eigenvalue weighted by Gasteiger charge is -2.11. The number of fused-ring (bicyclic) bond motifs is 1. The second-order valence-corrected chi connectivity index (χ2v) is 7.96. The van der Waals surface area contributed by atoms with Gasteiger partial charge in [-0.2, -0.15) is 0 Å². The molecule has 1 aliphatic heterocycles. The number of imide groups is 1. The molecule has 1 fully saturated rings. The molecule has 0 spiro atoms. The van der Waals surface area contributed by atoms with E-state index < -0.39 is 11.9 Å². The Morgan fingerprint density at radius 2 is 1.87 bits per heavy atom. The summed E-state index contributed by atoms with van der Waals surface area (Å²) in [5.74, 6) is -0.733. The lowest BCUT2D eigenvalue weighted by atomic mass is 10.1. The summed E-state index contributed by atoms with van der Waals surface area (Å²) in [7, 11) is 0. The first-order valence-corrected chi connectivity index (χ1v) is 10.6. The molecule has 2 heterocycles. The molecule has 1 N–H and O–H groups in total. The van der Waals surface area contributed by atoms with Crippen LogP contribution in [0.2, 0.25) is 0 Å². The summed E-state index contributed by atoms with van der Waals surface area (Å²) in [6.07, 6.45) is 3.43. The Morgan fingerprint density at radius 3 is 2.61 bits per heavy atom. The Kier molecular flexibility index (Phi) is 5.90. The average Bonchev–Trinajstić information content (AvgIpc) is 3.22. The van der Waals surface area contributed by atoms with Crippen molar-refractivity contribution in [2.24, 2.45) is 0 Å². The van der Waals surface area contributed by atoms with E-state index in [0.29, 0.717) is 6.61 Å². The van der Waals surface area contributed by atoms with E-state index in [9.17, 15) is 14.4 Å². The molecule has 1 aliphatic rings. The van der Waals surface area contributed by atoms with Crippen LogP contribution in [-0.4, -0.2) is 34.0 Å². The fourth-order valence-corrected chi connectivity index (χ4v) is 3.77. The molecule has 0 radical (unpaired) electrons. The van der Waals surface area contributed by atoms with Crippen molar-refractivity contribution in [2.45, 2.75) is 20.0 Å². The van der Waals surface area contributed by atoms with Crippen molar-refractivity contribution in [2.75, 3.05) is 6.61 Å². The standard InChI is InChI=1S/C23H20BrN3O4/c1-2-31-21(28)14-26-13-16(18-5-3-4-6-20(18)26)11-19-22(29)27(23(30)25-19)12-15-7-9-17(24)10-8-15/h3-11,13H,2,12,14H2,1H3,(H,25,30)/b19-11-. The number of hydrogen-bond acceptors (Lipinski definition) is 4. The number of carbonyl (C=O) groups is 3. The van der Waals surface area contributed by atoms with Gasteiger partial charge in [-0.25, -0.2) is 4.79 Å². The largest absolute Gasteiger partial charge is 0.465 e. The molecule has 158 valence electrons. The van der Waals surface area contributed by atoms with E-state index in [1.807, 2.05) is 48.5 Å². The van der Waals surface area contributed by atoms with E-state index in [1.165, 1.54) is 4.90 Å². The number of hydrogen-bond donors (Lipinski definition) is 1. The first-order chi connectivity index (χ1) is 15.0. The number of para-hydroxylation sites is 1. The van der Waals surface area contributed by atoms with Gasteiger partial charge >= 0.3 is 12.0 Å². The number of amides is 3. The van der Waals surface area contributed by atoms with Gasteiger partial charge in [-0.1, -0.05) is 46.3 Å². The summed E-state index contributed by atoms with van der Waals surface area (Å²) in [6.45, 7) is 2.31. The predicted octanol–water partition coefficient (Wildman–Crippen LogP) is 4.06. The quantitative estimate of drug-likeness (QED) is 0.327. The van der Waals surface area contributed by atoms with Gasteiger partial charge in [-0.3, -0.25) is 14.5 Å². The van der Waals surface area contributed by atoms with Crippen molar-refractivity contribution >= 4 is 50.8 Å². The van der Waals surface area contributed by atoms with Gasteiger partial charge in [0.25, 0.3) is 5.91 Å². The molecule has 0 unspecified atom stereocenters. The third-order valence-electron chi connectivity index (χ3n) is 4.94. The first-order valence-electron chi connectivity index (χ1n) is 9.78. The van der Waals surface area contributed by atoms with Crippen LogP contribution in [0.1, 0.15) is 18.1 Å². The van der Waals surface area contributed by atoms with Gasteiger partial charge in [0.2, 0.25) is 0 Å². The van der Waals surface area contributed by atoms with Gasteiger partial charge in [0.15, 0.2) is 0 Å². The van der Waals surface area contributed by atoms with Gasteiger partial charge < -0.3 is 14.6 Å². The lowest BCUT2D eigenvalue weighted by molar-refractivity contribution is -0.143. The average molecular weight is 482 g/mol. The molecule has 31 heavy (non-hydrogen) atoms. The number of esters is 1. The normalized spacial score (nSPS) is 15.0. The molecule has 3 aromatic rings. The zero-order valence-electron chi connectivity index (χ0n) is 16.8. The van der Waals surface area contributed by atoms with Crippen LogP contribution in [0.15, 0.2) is 64.9 Å². The van der Waals surface area contributed by atoms with E-state index in [1.54, 1.807) is 23.8 Å². The molecule has 0 atom stereocenters. The van der Waals surface area contributed by atoms with E-state index in [0.717, 1.165) is 26.5 Å². The minimum atomic E-state index is -0.463. The number of benzene rings is 2. The fraction of sp³-hybridized carbons (Fsp3) is 0.174. The monoisotopic (exact) mass is 481 g/mol. The summed E-state index contributed by atoms with van der Waals surface area (Å²) in [5, 5.41) is 3.53. The van der Waals surface area contributed by atoms with Gasteiger partial charge in [0.1, 0.15) is 12.2 Å². The van der Waals surface area contributed by atoms with Crippen LogP contribution in [-0.2, 0) is 27.4 Å². The van der Waals surface area contributed by atoms with Gasteiger partial charge in [0, 0.05) is 27.1 Å². The minimum absolute atomic E-state index is 0.0630. The van der Waals surface area contributed by atoms with Gasteiger partial charge in [0.05, 0.1) is 13.2 Å².